The Bertz CT molecular complexity index is 3450. The van der Waals surface area contributed by atoms with Crippen LogP contribution < -0.4 is 0 Å². The van der Waals surface area contributed by atoms with Gasteiger partial charge in [-0.25, -0.2) is 0 Å². The first-order chi connectivity index (χ1) is 26.8. The number of hydrogen-bond donors (Lipinski definition) is 0. The average molecular weight is 703 g/mol. The van der Waals surface area contributed by atoms with Crippen molar-refractivity contribution in [1.29, 1.82) is 0 Å². The lowest BCUT2D eigenvalue weighted by molar-refractivity contribution is 0.673. The quantitative estimate of drug-likeness (QED) is 0.167. The summed E-state index contributed by atoms with van der Waals surface area (Å²) in [4.78, 5) is 0. The van der Waals surface area contributed by atoms with Crippen LogP contribution in [0.2, 0.25) is 0 Å². The molecule has 10 aromatic carbocycles. The minimum atomic E-state index is 0.933. The van der Waals surface area contributed by atoms with E-state index in [1.807, 2.05) is 11.3 Å². The Kier molecular flexibility index (Phi) is 6.28. The number of furan rings is 1. The highest BCUT2D eigenvalue weighted by molar-refractivity contribution is 7.26. The maximum atomic E-state index is 6.60. The van der Waals surface area contributed by atoms with Gasteiger partial charge in [-0.2, -0.15) is 0 Å². The maximum Gasteiger partial charge on any atom is 0.144 e. The van der Waals surface area contributed by atoms with E-state index in [0.717, 1.165) is 16.6 Å². The first kappa shape index (κ1) is 29.8. The summed E-state index contributed by atoms with van der Waals surface area (Å²) in [6, 6.07) is 66.7. The average Bonchev–Trinajstić information content (AvgIpc) is 3.81. The van der Waals surface area contributed by atoms with Gasteiger partial charge < -0.3 is 4.42 Å². The van der Waals surface area contributed by atoms with E-state index in [1.165, 1.54) is 102 Å². The van der Waals surface area contributed by atoms with Crippen molar-refractivity contribution in [3.8, 4) is 33.4 Å². The highest BCUT2D eigenvalue weighted by atomic mass is 32.1. The van der Waals surface area contributed by atoms with Crippen molar-refractivity contribution in [2.45, 2.75) is 0 Å². The van der Waals surface area contributed by atoms with Crippen molar-refractivity contribution in [1.82, 2.24) is 0 Å². The molecule has 12 rings (SSSR count). The Balaban J connectivity index is 1.12. The fraction of sp³-hybridized carbons (Fsp3) is 0. The third kappa shape index (κ3) is 4.20. The van der Waals surface area contributed by atoms with Gasteiger partial charge in [-0.05, 0) is 107 Å². The van der Waals surface area contributed by atoms with Gasteiger partial charge >= 0.3 is 0 Å². The van der Waals surface area contributed by atoms with Crippen LogP contribution >= 0.6 is 11.3 Å². The van der Waals surface area contributed by atoms with Crippen LogP contribution in [0.4, 0.5) is 0 Å². The van der Waals surface area contributed by atoms with Crippen LogP contribution in [-0.2, 0) is 0 Å². The number of fused-ring (bicyclic) bond motifs is 12. The van der Waals surface area contributed by atoms with Gasteiger partial charge in [-0.15, -0.1) is 11.3 Å². The molecule has 0 spiro atoms. The third-order valence-electron chi connectivity index (χ3n) is 11.4. The fourth-order valence-corrected chi connectivity index (χ4v) is 10.3. The standard InChI is InChI=1S/C52H30OS/c1-2-17-34-31(13-1)14-12-25-37(34)49-41-23-7-5-21-39(41)48(40-22-6-8-24-42(40)49)33-16-11-15-32(29-33)44-30-47-50(38-20-4-3-18-35(38)44)51-46(54-47)28-27-43-36-19-9-10-26-45(36)53-52(43)51/h1-30H. The fourth-order valence-electron chi connectivity index (χ4n) is 9.15. The molecule has 0 amide bonds. The van der Waals surface area contributed by atoms with Crippen molar-refractivity contribution in [2.24, 2.45) is 0 Å². The summed E-state index contributed by atoms with van der Waals surface area (Å²) in [5.74, 6) is 0. The van der Waals surface area contributed by atoms with E-state index < -0.39 is 0 Å². The van der Waals surface area contributed by atoms with Crippen LogP contribution in [0.25, 0.3) is 119 Å². The minimum absolute atomic E-state index is 0.933. The number of para-hydroxylation sites is 1. The zero-order chi connectivity index (χ0) is 35.3. The predicted molar refractivity (Wildman–Crippen MR) is 233 cm³/mol. The first-order valence-electron chi connectivity index (χ1n) is 18.5. The molecule has 0 aliphatic heterocycles. The second-order valence-corrected chi connectivity index (χ2v) is 15.4. The molecule has 0 aliphatic carbocycles. The first-order valence-corrected chi connectivity index (χ1v) is 19.3. The summed E-state index contributed by atoms with van der Waals surface area (Å²) in [7, 11) is 0. The maximum absolute atomic E-state index is 6.60. The molecule has 0 radical (unpaired) electrons. The molecule has 0 aliphatic rings. The SMILES string of the molecule is c1cc(-c2c3ccccc3c(-c3cccc4ccccc34)c3ccccc23)cc(-c2cc3sc4ccc5c6ccccc6oc5c4c3c3ccccc23)c1. The van der Waals surface area contributed by atoms with E-state index in [-0.39, 0.29) is 0 Å². The molecule has 0 saturated carbocycles. The number of benzene rings is 10. The molecule has 0 saturated heterocycles. The topological polar surface area (TPSA) is 13.1 Å². The van der Waals surface area contributed by atoms with E-state index in [4.69, 9.17) is 4.42 Å². The van der Waals surface area contributed by atoms with Crippen LogP contribution in [0.3, 0.4) is 0 Å². The van der Waals surface area contributed by atoms with Crippen molar-refractivity contribution in [3.05, 3.63) is 182 Å². The summed E-state index contributed by atoms with van der Waals surface area (Å²) >= 11 is 1.85. The van der Waals surface area contributed by atoms with Crippen molar-refractivity contribution in [3.63, 3.8) is 0 Å². The Labute approximate surface area is 314 Å². The monoisotopic (exact) mass is 702 g/mol. The Hall–Kier alpha value is -6.74. The molecule has 0 fully saturated rings. The highest BCUT2D eigenvalue weighted by Gasteiger charge is 2.21. The smallest absolute Gasteiger partial charge is 0.144 e. The molecule has 0 bridgehead atoms. The van der Waals surface area contributed by atoms with E-state index in [0.29, 0.717) is 0 Å². The lowest BCUT2D eigenvalue weighted by Crippen LogP contribution is -1.92. The van der Waals surface area contributed by atoms with Crippen LogP contribution in [0.1, 0.15) is 0 Å². The largest absolute Gasteiger partial charge is 0.455 e. The van der Waals surface area contributed by atoms with E-state index in [1.54, 1.807) is 0 Å². The molecule has 12 aromatic rings. The Morgan fingerprint density at radius 2 is 0.926 bits per heavy atom. The summed E-state index contributed by atoms with van der Waals surface area (Å²) in [6.07, 6.45) is 0. The van der Waals surface area contributed by atoms with Gasteiger partial charge in [0, 0.05) is 30.9 Å². The molecule has 2 heteroatoms. The highest BCUT2D eigenvalue weighted by Crippen LogP contribution is 2.49. The van der Waals surface area contributed by atoms with E-state index in [2.05, 4.69) is 182 Å². The van der Waals surface area contributed by atoms with Crippen LogP contribution in [-0.4, -0.2) is 0 Å². The lowest BCUT2D eigenvalue weighted by Gasteiger charge is -2.19. The predicted octanol–water partition coefficient (Wildman–Crippen LogP) is 15.6. The molecule has 2 aromatic heterocycles. The van der Waals surface area contributed by atoms with Crippen molar-refractivity contribution in [2.75, 3.05) is 0 Å². The van der Waals surface area contributed by atoms with Crippen LogP contribution in [0, 0.1) is 0 Å². The summed E-state index contributed by atoms with van der Waals surface area (Å²) in [6.45, 7) is 0. The molecule has 0 unspecified atom stereocenters. The molecule has 0 N–H and O–H groups in total. The molecule has 250 valence electrons. The molecule has 1 nitrogen and oxygen atoms in total. The zero-order valence-electron chi connectivity index (χ0n) is 29.1. The second kappa shape index (κ2) is 11.4. The molecular formula is C52H30OS. The van der Waals surface area contributed by atoms with Crippen LogP contribution in [0.5, 0.6) is 0 Å². The minimum Gasteiger partial charge on any atom is -0.455 e. The number of thiophene rings is 1. The van der Waals surface area contributed by atoms with Gasteiger partial charge in [0.2, 0.25) is 0 Å². The second-order valence-electron chi connectivity index (χ2n) is 14.3. The zero-order valence-corrected chi connectivity index (χ0v) is 30.0. The molecular weight excluding hydrogens is 673 g/mol. The van der Waals surface area contributed by atoms with Crippen molar-refractivity contribution < 1.29 is 4.42 Å². The van der Waals surface area contributed by atoms with Gasteiger partial charge in [0.1, 0.15) is 11.2 Å². The molecule has 0 atom stereocenters. The molecule has 54 heavy (non-hydrogen) atoms. The summed E-state index contributed by atoms with van der Waals surface area (Å²) in [5, 5.41) is 14.9. The Morgan fingerprint density at radius 1 is 0.333 bits per heavy atom. The van der Waals surface area contributed by atoms with Gasteiger partial charge in [0.15, 0.2) is 0 Å². The van der Waals surface area contributed by atoms with Crippen molar-refractivity contribution >= 4 is 96.5 Å². The Morgan fingerprint density at radius 3 is 1.70 bits per heavy atom. The lowest BCUT2D eigenvalue weighted by atomic mass is 9.84. The van der Waals surface area contributed by atoms with E-state index >= 15 is 0 Å². The van der Waals surface area contributed by atoms with Gasteiger partial charge in [0.25, 0.3) is 0 Å². The number of hydrogen-bond acceptors (Lipinski definition) is 2. The van der Waals surface area contributed by atoms with Gasteiger partial charge in [0.05, 0.1) is 0 Å². The normalized spacial score (nSPS) is 12.1. The van der Waals surface area contributed by atoms with E-state index in [9.17, 15) is 0 Å². The van der Waals surface area contributed by atoms with Gasteiger partial charge in [-0.1, -0.05) is 152 Å². The molecule has 2 heterocycles. The summed E-state index contributed by atoms with van der Waals surface area (Å²) < 4.78 is 9.11. The summed E-state index contributed by atoms with van der Waals surface area (Å²) in [5.41, 5.74) is 9.41. The van der Waals surface area contributed by atoms with Crippen LogP contribution in [0.15, 0.2) is 186 Å². The van der Waals surface area contributed by atoms with Gasteiger partial charge in [-0.3, -0.25) is 0 Å². The number of rotatable bonds is 3. The third-order valence-corrected chi connectivity index (χ3v) is 12.5.